The second-order valence-electron chi connectivity index (χ2n) is 17.6. The quantitative estimate of drug-likeness (QED) is 0.148. The first-order chi connectivity index (χ1) is 35.7. The average Bonchev–Trinajstić information content (AvgIpc) is 4.27. The molecular weight excluding hydrogens is 905 g/mol. The molecule has 0 fully saturated rings. The van der Waals surface area contributed by atoms with Crippen LogP contribution in [0.4, 0.5) is 5.95 Å². The van der Waals surface area contributed by atoms with Crippen molar-refractivity contribution in [3.63, 3.8) is 0 Å². The standard InChI is InChI=1S/C64H42N8.Mg/c1-9-25-41(26-10-1)49-50(42-27-11-2-12-28-42)59-54(46-35-19-6-20-36-46)61-56(48-39-23-8-24-40-48)67-63(68-61)70-64-69-62(71-72-64)55(47-37-21-7-22-38-47)60-52(44-31-15-4-16-32-44)51(43-29-13-3-14-30-43)58(66-60)53(57(49)65-59)45-33-17-5-18-34-45;/h1-40,65H,(H,67,68,69,70,71,72);. The van der Waals surface area contributed by atoms with Crippen molar-refractivity contribution in [3.05, 3.63) is 276 Å². The molecule has 2 N–H and O–H groups in total. The summed E-state index contributed by atoms with van der Waals surface area (Å²) >= 11 is 0. The molecule has 13 rings (SSSR count). The van der Waals surface area contributed by atoms with E-state index in [2.05, 4.69) is 210 Å². The summed E-state index contributed by atoms with van der Waals surface area (Å²) in [5, 5.41) is 9.57. The van der Waals surface area contributed by atoms with Crippen molar-refractivity contribution in [1.82, 2.24) is 35.1 Å². The van der Waals surface area contributed by atoms with E-state index < -0.39 is 0 Å². The molecule has 11 aromatic rings. The van der Waals surface area contributed by atoms with E-state index in [4.69, 9.17) is 30.1 Å². The summed E-state index contributed by atoms with van der Waals surface area (Å²) in [5.41, 5.74) is 19.4. The Morgan fingerprint density at radius 3 is 1.04 bits per heavy atom. The fraction of sp³-hybridized carbons (Fsp3) is 0. The molecule has 3 aromatic heterocycles. The van der Waals surface area contributed by atoms with Crippen LogP contribution in [-0.4, -0.2) is 63.9 Å². The van der Waals surface area contributed by atoms with Crippen LogP contribution in [0.2, 0.25) is 0 Å². The van der Waals surface area contributed by atoms with Crippen molar-refractivity contribution in [2.45, 2.75) is 0 Å². The molecule has 0 saturated heterocycles. The minimum atomic E-state index is 0. The zero-order valence-electron chi connectivity index (χ0n) is 39.5. The van der Waals surface area contributed by atoms with Gasteiger partial charge in [0.1, 0.15) is 11.4 Å². The molecule has 0 saturated carbocycles. The molecule has 0 aliphatic carbocycles. The third-order valence-corrected chi connectivity index (χ3v) is 13.2. The molecule has 0 unspecified atom stereocenters. The Bertz CT molecular complexity index is 4030. The summed E-state index contributed by atoms with van der Waals surface area (Å²) in [4.78, 5) is 29.5. The molecule has 0 amide bonds. The largest absolute Gasteiger partial charge is 0.353 e. The van der Waals surface area contributed by atoms with Gasteiger partial charge in [-0.1, -0.05) is 243 Å². The lowest BCUT2D eigenvalue weighted by atomic mass is 9.87. The van der Waals surface area contributed by atoms with E-state index in [0.29, 0.717) is 17.1 Å². The minimum absolute atomic E-state index is 0. The summed E-state index contributed by atoms with van der Waals surface area (Å²) in [6, 6.07) is 84.1. The van der Waals surface area contributed by atoms with Gasteiger partial charge in [-0.2, -0.15) is 4.98 Å². The average molecular weight is 947 g/mol. The molecule has 0 spiro atoms. The molecule has 8 aromatic carbocycles. The number of hydrogen-bond donors (Lipinski definition) is 2. The second kappa shape index (κ2) is 19.6. The van der Waals surface area contributed by atoms with Crippen molar-refractivity contribution in [2.75, 3.05) is 0 Å². The highest BCUT2D eigenvalue weighted by Gasteiger charge is 2.32. The Labute approximate surface area is 437 Å². The van der Waals surface area contributed by atoms with Crippen LogP contribution in [0.1, 0.15) is 33.8 Å². The van der Waals surface area contributed by atoms with Crippen molar-refractivity contribution in [2.24, 2.45) is 4.99 Å². The monoisotopic (exact) mass is 946 g/mol. The van der Waals surface area contributed by atoms with Gasteiger partial charge in [-0.15, -0.1) is 10.2 Å². The smallest absolute Gasteiger partial charge is 0.254 e. The van der Waals surface area contributed by atoms with E-state index in [1.54, 1.807) is 0 Å². The van der Waals surface area contributed by atoms with Crippen LogP contribution in [0.15, 0.2) is 248 Å². The van der Waals surface area contributed by atoms with Crippen LogP contribution >= 0.6 is 0 Å². The molecule has 2 radical (unpaired) electrons. The fourth-order valence-electron chi connectivity index (χ4n) is 10.1. The van der Waals surface area contributed by atoms with Crippen LogP contribution in [-0.2, 0) is 0 Å². The first-order valence-corrected chi connectivity index (χ1v) is 24.0. The van der Waals surface area contributed by atoms with Crippen LogP contribution in [0.25, 0.3) is 89.2 Å². The number of rotatable bonds is 8. The summed E-state index contributed by atoms with van der Waals surface area (Å²) in [5.74, 6) is 0.501. The summed E-state index contributed by atoms with van der Waals surface area (Å²) in [6.45, 7) is 0. The number of H-pyrrole nitrogens is 2. The van der Waals surface area contributed by atoms with Gasteiger partial charge in [0.2, 0.25) is 0 Å². The predicted molar refractivity (Wildman–Crippen MR) is 297 cm³/mol. The van der Waals surface area contributed by atoms with Crippen LogP contribution in [0.3, 0.4) is 0 Å². The number of aliphatic imine (C=N–C) groups is 1. The number of fused-ring (bicyclic) bond motifs is 8. The summed E-state index contributed by atoms with van der Waals surface area (Å²) in [6.07, 6.45) is 0. The van der Waals surface area contributed by atoms with Crippen molar-refractivity contribution in [1.29, 1.82) is 0 Å². The van der Waals surface area contributed by atoms with E-state index in [1.807, 2.05) is 42.5 Å². The third kappa shape index (κ3) is 8.26. The lowest BCUT2D eigenvalue weighted by Gasteiger charge is -2.14. The van der Waals surface area contributed by atoms with Gasteiger partial charge in [0, 0.05) is 62.0 Å². The Kier molecular flexibility index (Phi) is 12.1. The Hall–Kier alpha value is -9.15. The van der Waals surface area contributed by atoms with Crippen molar-refractivity contribution < 1.29 is 0 Å². The van der Waals surface area contributed by atoms with Crippen LogP contribution in [0, 0.1) is 0 Å². The molecule has 2 aliphatic rings. The lowest BCUT2D eigenvalue weighted by Crippen LogP contribution is -2.03. The van der Waals surface area contributed by atoms with Crippen LogP contribution < -0.4 is 0 Å². The maximum Gasteiger partial charge on any atom is 0.254 e. The van der Waals surface area contributed by atoms with Gasteiger partial charge in [-0.3, -0.25) is 0 Å². The predicted octanol–water partition coefficient (Wildman–Crippen LogP) is 14.6. The summed E-state index contributed by atoms with van der Waals surface area (Å²) < 4.78 is 0. The Morgan fingerprint density at radius 1 is 0.274 bits per heavy atom. The highest BCUT2D eigenvalue weighted by Crippen LogP contribution is 2.51. The van der Waals surface area contributed by atoms with E-state index in [-0.39, 0.29) is 34.8 Å². The number of benzene rings is 8. The SMILES string of the molecule is [Mg].c1ccc(C2=Nc3nc2c(-c2ccccc2)c2[nH]c(c(-c4ccccc4)c4nc(c(-c5ccccc5)c5nnc(n3)[nH]5)C(c3ccccc3)=C4c3ccccc3)c(-c3ccccc3)c2-c2ccccc2)cc1. The molecule has 5 heterocycles. The van der Waals surface area contributed by atoms with Gasteiger partial charge < -0.3 is 9.97 Å². The van der Waals surface area contributed by atoms with E-state index in [1.165, 1.54) is 0 Å². The minimum Gasteiger partial charge on any atom is -0.353 e. The first kappa shape index (κ1) is 45.0. The Morgan fingerprint density at radius 2 is 0.616 bits per heavy atom. The Balaban J connectivity index is 0.00000543. The summed E-state index contributed by atoms with van der Waals surface area (Å²) in [7, 11) is 0. The van der Waals surface area contributed by atoms with Gasteiger partial charge in [0.05, 0.1) is 28.0 Å². The zero-order chi connectivity index (χ0) is 47.8. The van der Waals surface area contributed by atoms with Gasteiger partial charge in [0.25, 0.3) is 11.7 Å². The number of hydrogen-bond acceptors (Lipinski definition) is 6. The topological polar surface area (TPSA) is 108 Å². The number of aromatic amines is 2. The van der Waals surface area contributed by atoms with Crippen molar-refractivity contribution in [3.8, 4) is 55.6 Å². The first-order valence-electron chi connectivity index (χ1n) is 24.0. The van der Waals surface area contributed by atoms with E-state index in [9.17, 15) is 0 Å². The molecule has 0 atom stereocenters. The van der Waals surface area contributed by atoms with E-state index in [0.717, 1.165) is 106 Å². The second-order valence-corrected chi connectivity index (χ2v) is 17.6. The maximum absolute atomic E-state index is 6.01. The lowest BCUT2D eigenvalue weighted by molar-refractivity contribution is 1.10. The van der Waals surface area contributed by atoms with Crippen LogP contribution in [0.5, 0.6) is 0 Å². The third-order valence-electron chi connectivity index (χ3n) is 13.2. The normalized spacial score (nSPS) is 12.0. The molecule has 73 heavy (non-hydrogen) atoms. The molecule has 9 heteroatoms. The van der Waals surface area contributed by atoms with Gasteiger partial charge in [-0.25, -0.2) is 15.0 Å². The maximum atomic E-state index is 6.01. The number of aromatic nitrogens is 7. The van der Waals surface area contributed by atoms with Gasteiger partial charge in [0.15, 0.2) is 5.65 Å². The van der Waals surface area contributed by atoms with Gasteiger partial charge in [-0.05, 0) is 38.9 Å². The number of nitrogens with one attached hydrogen (secondary N) is 2. The van der Waals surface area contributed by atoms with E-state index >= 15 is 0 Å². The number of nitrogens with zero attached hydrogens (tertiary/aromatic N) is 6. The highest BCUT2D eigenvalue weighted by molar-refractivity contribution is 6.22. The molecule has 8 bridgehead atoms. The molecule has 2 aliphatic heterocycles. The van der Waals surface area contributed by atoms with Crippen molar-refractivity contribution >= 4 is 68.3 Å². The molecule has 8 nitrogen and oxygen atoms in total. The molecule has 340 valence electrons. The molecular formula is C64H42MgN8. The highest BCUT2D eigenvalue weighted by atomic mass is 24.3. The van der Waals surface area contributed by atoms with Gasteiger partial charge >= 0.3 is 0 Å². The fourth-order valence-corrected chi connectivity index (χ4v) is 10.1. The zero-order valence-corrected chi connectivity index (χ0v) is 40.9.